The highest BCUT2D eigenvalue weighted by Gasteiger charge is 2.36. The fraction of sp³-hybridized carbons (Fsp3) is 0.138. The highest BCUT2D eigenvalue weighted by atomic mass is 32.2. The Labute approximate surface area is 224 Å². The molecule has 5 rings (SSSR count). The number of aryl methyl sites for hydroxylation is 1. The average molecular weight is 554 g/mol. The number of anilines is 1. The topological polar surface area (TPSA) is 68.7 Å². The van der Waals surface area contributed by atoms with Crippen LogP contribution in [0, 0.1) is 0 Å². The van der Waals surface area contributed by atoms with Gasteiger partial charge in [-0.2, -0.15) is 13.2 Å². The number of rotatable bonds is 4. The molecule has 0 radical (unpaired) electrons. The lowest BCUT2D eigenvalue weighted by Gasteiger charge is -2.11. The maximum absolute atomic E-state index is 10.7. The summed E-state index contributed by atoms with van der Waals surface area (Å²) in [5, 5.41) is 2.52. The van der Waals surface area contributed by atoms with Crippen LogP contribution in [0.2, 0.25) is 0 Å². The van der Waals surface area contributed by atoms with Gasteiger partial charge in [-0.1, -0.05) is 60.7 Å². The molecular weight excluding hydrogens is 527 g/mol. The molecule has 39 heavy (non-hydrogen) atoms. The zero-order valence-electron chi connectivity index (χ0n) is 21.4. The van der Waals surface area contributed by atoms with Crippen LogP contribution in [-0.2, 0) is 17.2 Å². The van der Waals surface area contributed by atoms with Gasteiger partial charge in [-0.25, -0.2) is 8.42 Å². The molecule has 0 saturated carbocycles. The van der Waals surface area contributed by atoms with Gasteiger partial charge in [0.05, 0.1) is 0 Å². The SMILES string of the molecule is CN(C)c1ccc(/C=c2/c3ccccc3n3c2cc(/C=C/c2ccccc2)[n+]3C)cc1.O=S(=O)([O-])C(F)(F)F. The summed E-state index contributed by atoms with van der Waals surface area (Å²) >= 11 is 0. The lowest BCUT2D eigenvalue weighted by atomic mass is 10.1. The van der Waals surface area contributed by atoms with Crippen LogP contribution in [0.4, 0.5) is 18.9 Å². The molecule has 2 heterocycles. The van der Waals surface area contributed by atoms with Gasteiger partial charge in [-0.05, 0) is 41.5 Å². The zero-order chi connectivity index (χ0) is 28.4. The van der Waals surface area contributed by atoms with Crippen molar-refractivity contribution in [2.75, 3.05) is 19.0 Å². The second-order valence-electron chi connectivity index (χ2n) is 8.99. The van der Waals surface area contributed by atoms with Crippen LogP contribution in [0.25, 0.3) is 34.6 Å². The van der Waals surface area contributed by atoms with Crippen molar-refractivity contribution < 1.29 is 30.8 Å². The predicted molar refractivity (Wildman–Crippen MR) is 147 cm³/mol. The Bertz CT molecular complexity index is 1790. The molecule has 0 aliphatic carbocycles. The summed E-state index contributed by atoms with van der Waals surface area (Å²) < 4.78 is 63.4. The van der Waals surface area contributed by atoms with E-state index < -0.39 is 15.6 Å². The number of fused-ring (bicyclic) bond motifs is 3. The summed E-state index contributed by atoms with van der Waals surface area (Å²) in [5.41, 5.74) is 1.57. The van der Waals surface area contributed by atoms with Gasteiger partial charge in [0.1, 0.15) is 11.0 Å². The molecule has 0 N–H and O–H groups in total. The number of hydrogen-bond acceptors (Lipinski definition) is 4. The number of para-hydroxylation sites is 1. The third kappa shape index (κ3) is 6.13. The molecule has 0 saturated heterocycles. The maximum atomic E-state index is 10.7. The van der Waals surface area contributed by atoms with Crippen molar-refractivity contribution in [2.45, 2.75) is 5.51 Å². The normalized spacial score (nSPS) is 12.7. The first-order valence-electron chi connectivity index (χ1n) is 11.8. The molecule has 5 aromatic rings. The van der Waals surface area contributed by atoms with E-state index >= 15 is 0 Å². The quantitative estimate of drug-likeness (QED) is 0.183. The number of hydrogen-bond donors (Lipinski definition) is 0. The van der Waals surface area contributed by atoms with Crippen molar-refractivity contribution in [1.82, 2.24) is 4.52 Å². The Morgan fingerprint density at radius 2 is 1.44 bits per heavy atom. The molecule has 6 nitrogen and oxygen atoms in total. The lowest BCUT2D eigenvalue weighted by Crippen LogP contribution is -2.36. The van der Waals surface area contributed by atoms with Gasteiger partial charge in [-0.15, -0.1) is 9.20 Å². The number of halogens is 3. The van der Waals surface area contributed by atoms with E-state index in [0.29, 0.717) is 0 Å². The first-order valence-corrected chi connectivity index (χ1v) is 13.2. The Hall–Kier alpha value is -4.15. The first kappa shape index (κ1) is 27.9. The molecule has 0 atom stereocenters. The molecule has 2 aromatic heterocycles. The number of nitrogens with zero attached hydrogens (tertiary/aromatic N) is 3. The monoisotopic (exact) mass is 553 g/mol. The summed E-state index contributed by atoms with van der Waals surface area (Å²) in [4.78, 5) is 2.12. The van der Waals surface area contributed by atoms with E-state index in [2.05, 4.69) is 132 Å². The average Bonchev–Trinajstić information content (AvgIpc) is 3.37. The summed E-state index contributed by atoms with van der Waals surface area (Å²) in [7, 11) is 0.170. The van der Waals surface area contributed by atoms with E-state index in [1.54, 1.807) is 0 Å². The van der Waals surface area contributed by atoms with Gasteiger partial charge in [0.2, 0.25) is 5.69 Å². The van der Waals surface area contributed by atoms with Gasteiger partial charge in [-0.3, -0.25) is 0 Å². The van der Waals surface area contributed by atoms with E-state index in [4.69, 9.17) is 13.0 Å². The fourth-order valence-corrected chi connectivity index (χ4v) is 4.17. The van der Waals surface area contributed by atoms with Crippen molar-refractivity contribution in [3.63, 3.8) is 0 Å². The first-order chi connectivity index (χ1) is 18.4. The number of aromatic nitrogens is 2. The van der Waals surface area contributed by atoms with E-state index in [-0.39, 0.29) is 0 Å². The standard InChI is InChI=1S/C28H26N3.CHF3O3S/c1-29(2)23-16-14-22(15-17-23)19-26-25-11-7-8-12-27(25)31-28(26)20-24(30(31)3)18-13-21-9-5-4-6-10-21;2-1(3,4)8(5,6)7/h4-20H,1-3H3;(H,5,6,7)/q+1;/p-1/b18-13+;. The Kier molecular flexibility index (Phi) is 7.80. The second-order valence-corrected chi connectivity index (χ2v) is 10.4. The summed E-state index contributed by atoms with van der Waals surface area (Å²) in [6.07, 6.45) is 6.65. The van der Waals surface area contributed by atoms with Crippen LogP contribution in [0.1, 0.15) is 16.8 Å². The van der Waals surface area contributed by atoms with E-state index in [1.807, 2.05) is 6.07 Å². The zero-order valence-corrected chi connectivity index (χ0v) is 22.2. The van der Waals surface area contributed by atoms with Crippen molar-refractivity contribution in [2.24, 2.45) is 7.05 Å². The van der Waals surface area contributed by atoms with Gasteiger partial charge < -0.3 is 9.45 Å². The molecule has 10 heteroatoms. The van der Waals surface area contributed by atoms with Gasteiger partial charge in [0, 0.05) is 42.5 Å². The molecule has 202 valence electrons. The van der Waals surface area contributed by atoms with Crippen LogP contribution in [0.3, 0.4) is 0 Å². The second kappa shape index (κ2) is 10.9. The largest absolute Gasteiger partial charge is 0.741 e. The minimum Gasteiger partial charge on any atom is -0.741 e. The van der Waals surface area contributed by atoms with E-state index in [9.17, 15) is 13.2 Å². The van der Waals surface area contributed by atoms with Crippen molar-refractivity contribution in [3.8, 4) is 0 Å². The Balaban J connectivity index is 0.000000386. The third-order valence-electron chi connectivity index (χ3n) is 6.13. The smallest absolute Gasteiger partial charge is 0.485 e. The summed E-state index contributed by atoms with van der Waals surface area (Å²) in [6, 6.07) is 30.0. The van der Waals surface area contributed by atoms with Crippen LogP contribution in [0.5, 0.6) is 0 Å². The highest BCUT2D eigenvalue weighted by molar-refractivity contribution is 7.86. The molecule has 0 spiro atoms. The van der Waals surface area contributed by atoms with Crippen LogP contribution < -0.4 is 14.8 Å². The Morgan fingerprint density at radius 1 is 0.846 bits per heavy atom. The highest BCUT2D eigenvalue weighted by Crippen LogP contribution is 2.20. The molecular formula is C29H26F3N3O3S. The minimum atomic E-state index is -6.09. The number of benzene rings is 3. The molecule has 0 unspecified atom stereocenters. The van der Waals surface area contributed by atoms with E-state index in [1.165, 1.54) is 44.1 Å². The minimum absolute atomic E-state index is 1.17. The lowest BCUT2D eigenvalue weighted by molar-refractivity contribution is -0.736. The molecule has 0 amide bonds. The maximum Gasteiger partial charge on any atom is 0.485 e. The molecule has 3 aromatic carbocycles. The predicted octanol–water partition coefficient (Wildman–Crippen LogP) is 4.75. The molecule has 0 aliphatic heterocycles. The van der Waals surface area contributed by atoms with Crippen molar-refractivity contribution in [3.05, 3.63) is 107 Å². The van der Waals surface area contributed by atoms with Crippen LogP contribution in [0.15, 0.2) is 84.9 Å². The van der Waals surface area contributed by atoms with Gasteiger partial charge in [0.15, 0.2) is 17.2 Å². The molecule has 0 aliphatic rings. The molecule has 0 bridgehead atoms. The summed E-state index contributed by atoms with van der Waals surface area (Å²) in [5.74, 6) is 0. The summed E-state index contributed by atoms with van der Waals surface area (Å²) in [6.45, 7) is 0. The Morgan fingerprint density at radius 3 is 2.03 bits per heavy atom. The van der Waals surface area contributed by atoms with E-state index in [0.717, 1.165) is 0 Å². The third-order valence-corrected chi connectivity index (χ3v) is 6.70. The van der Waals surface area contributed by atoms with Crippen LogP contribution in [-0.4, -0.2) is 37.1 Å². The number of alkyl halides is 3. The van der Waals surface area contributed by atoms with Crippen molar-refractivity contribution in [1.29, 1.82) is 0 Å². The van der Waals surface area contributed by atoms with Crippen LogP contribution >= 0.6 is 0 Å². The van der Waals surface area contributed by atoms with Crippen molar-refractivity contribution >= 4 is 50.5 Å². The fourth-order valence-electron chi connectivity index (χ4n) is 4.17. The van der Waals surface area contributed by atoms with Gasteiger partial charge in [0.25, 0.3) is 0 Å². The van der Waals surface area contributed by atoms with Gasteiger partial charge >= 0.3 is 5.51 Å². The molecule has 0 fully saturated rings.